The van der Waals surface area contributed by atoms with Gasteiger partial charge in [0.15, 0.2) is 5.76 Å². The zero-order valence-corrected chi connectivity index (χ0v) is 13.4. The number of piperidine rings is 1. The van der Waals surface area contributed by atoms with Crippen molar-refractivity contribution >= 4 is 24.0 Å². The Morgan fingerprint density at radius 2 is 2.10 bits per heavy atom. The number of hydrogen-bond donors (Lipinski definition) is 0. The van der Waals surface area contributed by atoms with Crippen LogP contribution >= 0.6 is 24.0 Å². The fraction of sp³-hybridized carbons (Fsp3) is 0.400. The molecule has 114 valence electrons. The van der Waals surface area contributed by atoms with Gasteiger partial charge in [-0.15, -0.1) is 12.4 Å². The molecule has 2 heterocycles. The van der Waals surface area contributed by atoms with E-state index in [1.54, 1.807) is 0 Å². The predicted octanol–water partition coefficient (Wildman–Crippen LogP) is 3.89. The van der Waals surface area contributed by atoms with Crippen LogP contribution in [0.3, 0.4) is 0 Å². The first-order chi connectivity index (χ1) is 9.70. The number of nitrogens with zero attached hydrogens (tertiary/aromatic N) is 2. The van der Waals surface area contributed by atoms with Crippen LogP contribution in [0.25, 0.3) is 11.3 Å². The van der Waals surface area contributed by atoms with Crippen molar-refractivity contribution < 1.29 is 9.26 Å². The van der Waals surface area contributed by atoms with Gasteiger partial charge in [-0.1, -0.05) is 11.6 Å². The molecule has 1 aromatic heterocycles. The number of halogens is 2. The van der Waals surface area contributed by atoms with Crippen molar-refractivity contribution in [3.05, 3.63) is 35.4 Å². The van der Waals surface area contributed by atoms with Gasteiger partial charge < -0.3 is 14.2 Å². The van der Waals surface area contributed by atoms with E-state index < -0.39 is 0 Å². The van der Waals surface area contributed by atoms with E-state index in [1.165, 1.54) is 0 Å². The second-order valence-corrected chi connectivity index (χ2v) is 5.62. The van der Waals surface area contributed by atoms with Crippen molar-refractivity contribution in [2.75, 3.05) is 20.1 Å². The predicted molar refractivity (Wildman–Crippen MR) is 85.3 cm³/mol. The molecule has 0 amide bonds. The van der Waals surface area contributed by atoms with Crippen molar-refractivity contribution in [2.45, 2.75) is 18.9 Å². The fourth-order valence-electron chi connectivity index (χ4n) is 2.45. The first-order valence-corrected chi connectivity index (χ1v) is 7.16. The highest BCUT2D eigenvalue weighted by Gasteiger charge is 2.20. The lowest BCUT2D eigenvalue weighted by Crippen LogP contribution is -2.38. The smallest absolute Gasteiger partial charge is 0.255 e. The van der Waals surface area contributed by atoms with Crippen molar-refractivity contribution in [1.29, 1.82) is 0 Å². The molecule has 0 radical (unpaired) electrons. The Morgan fingerprint density at radius 1 is 1.33 bits per heavy atom. The van der Waals surface area contributed by atoms with Gasteiger partial charge in [0, 0.05) is 23.2 Å². The Hall–Kier alpha value is -1.23. The summed E-state index contributed by atoms with van der Waals surface area (Å²) in [5.74, 6) is 1.25. The average molecular weight is 329 g/mol. The fourth-order valence-corrected chi connectivity index (χ4v) is 2.58. The Balaban J connectivity index is 0.00000161. The number of likely N-dealkylation sites (N-methyl/N-ethyl adjacent to an activating group) is 1. The van der Waals surface area contributed by atoms with E-state index >= 15 is 0 Å². The third-order valence-corrected chi connectivity index (χ3v) is 3.74. The van der Waals surface area contributed by atoms with Crippen molar-refractivity contribution in [3.8, 4) is 17.2 Å². The van der Waals surface area contributed by atoms with Gasteiger partial charge in [-0.25, -0.2) is 0 Å². The first kappa shape index (κ1) is 16.1. The van der Waals surface area contributed by atoms with Gasteiger partial charge in [0.2, 0.25) is 0 Å². The first-order valence-electron chi connectivity index (χ1n) is 6.78. The number of likely N-dealkylation sites (tertiary alicyclic amines) is 1. The summed E-state index contributed by atoms with van der Waals surface area (Å²) in [4.78, 5) is 2.27. The third kappa shape index (κ3) is 4.13. The summed E-state index contributed by atoms with van der Waals surface area (Å²) in [6, 6.07) is 9.30. The molecule has 1 aromatic carbocycles. The SMILES string of the molecule is CN1CCCC(Oc2cc(-c3ccc(Cl)cc3)on2)C1.Cl. The summed E-state index contributed by atoms with van der Waals surface area (Å²) in [6.45, 7) is 2.07. The molecule has 3 rings (SSSR count). The molecule has 1 aliphatic rings. The highest BCUT2D eigenvalue weighted by Crippen LogP contribution is 2.26. The van der Waals surface area contributed by atoms with Gasteiger partial charge in [-0.3, -0.25) is 0 Å². The third-order valence-electron chi connectivity index (χ3n) is 3.49. The Labute approximate surface area is 135 Å². The Morgan fingerprint density at radius 3 is 2.81 bits per heavy atom. The zero-order valence-electron chi connectivity index (χ0n) is 11.8. The van der Waals surface area contributed by atoms with Gasteiger partial charge in [0.05, 0.1) is 0 Å². The standard InChI is InChI=1S/C15H17ClN2O2.ClH/c1-18-8-2-3-13(10-18)19-15-9-14(20-17-15)11-4-6-12(16)7-5-11;/h4-7,9,13H,2-3,8,10H2,1H3;1H. The van der Waals surface area contributed by atoms with E-state index in [2.05, 4.69) is 17.1 Å². The zero-order chi connectivity index (χ0) is 13.9. The van der Waals surface area contributed by atoms with Crippen LogP contribution in [0.4, 0.5) is 0 Å². The second kappa shape index (κ2) is 7.16. The van der Waals surface area contributed by atoms with Crippen LogP contribution in [0.1, 0.15) is 12.8 Å². The monoisotopic (exact) mass is 328 g/mol. The molecule has 6 heteroatoms. The average Bonchev–Trinajstić information content (AvgIpc) is 2.88. The molecule has 0 aliphatic carbocycles. The number of ether oxygens (including phenoxy) is 1. The molecule has 0 spiro atoms. The molecule has 1 fully saturated rings. The summed E-state index contributed by atoms with van der Waals surface area (Å²) in [5, 5.41) is 4.69. The summed E-state index contributed by atoms with van der Waals surface area (Å²) < 4.78 is 11.2. The summed E-state index contributed by atoms with van der Waals surface area (Å²) >= 11 is 5.87. The molecule has 21 heavy (non-hydrogen) atoms. The van der Waals surface area contributed by atoms with E-state index in [1.807, 2.05) is 30.3 Å². The molecular formula is C15H18Cl2N2O2. The molecule has 1 aliphatic heterocycles. The Kier molecular flexibility index (Phi) is 5.51. The maximum Gasteiger partial charge on any atom is 0.255 e. The van der Waals surface area contributed by atoms with Crippen LogP contribution in [-0.2, 0) is 0 Å². The van der Waals surface area contributed by atoms with E-state index in [4.69, 9.17) is 20.9 Å². The summed E-state index contributed by atoms with van der Waals surface area (Å²) in [5.41, 5.74) is 0.942. The van der Waals surface area contributed by atoms with E-state index in [0.717, 1.165) is 31.5 Å². The maximum absolute atomic E-state index is 5.88. The van der Waals surface area contributed by atoms with Crippen LogP contribution in [0, 0.1) is 0 Å². The van der Waals surface area contributed by atoms with Gasteiger partial charge in [-0.2, -0.15) is 0 Å². The van der Waals surface area contributed by atoms with Crippen molar-refractivity contribution in [2.24, 2.45) is 0 Å². The van der Waals surface area contributed by atoms with Gasteiger partial charge in [0.1, 0.15) is 6.10 Å². The molecule has 1 atom stereocenters. The molecule has 1 saturated heterocycles. The molecule has 4 nitrogen and oxygen atoms in total. The van der Waals surface area contributed by atoms with Crippen molar-refractivity contribution in [1.82, 2.24) is 10.1 Å². The summed E-state index contributed by atoms with van der Waals surface area (Å²) in [7, 11) is 2.11. The van der Waals surface area contributed by atoms with E-state index in [9.17, 15) is 0 Å². The number of hydrogen-bond acceptors (Lipinski definition) is 4. The lowest BCUT2D eigenvalue weighted by Gasteiger charge is -2.28. The topological polar surface area (TPSA) is 38.5 Å². The van der Waals surface area contributed by atoms with Crippen LogP contribution in [0.5, 0.6) is 5.88 Å². The lowest BCUT2D eigenvalue weighted by atomic mass is 10.1. The molecular weight excluding hydrogens is 311 g/mol. The highest BCUT2D eigenvalue weighted by atomic mass is 35.5. The highest BCUT2D eigenvalue weighted by molar-refractivity contribution is 6.30. The molecule has 0 N–H and O–H groups in total. The molecule has 0 bridgehead atoms. The molecule has 2 aromatic rings. The minimum absolute atomic E-state index is 0. The number of rotatable bonds is 3. The minimum atomic E-state index is 0. The molecule has 0 saturated carbocycles. The summed E-state index contributed by atoms with van der Waals surface area (Å²) in [6.07, 6.45) is 2.41. The maximum atomic E-state index is 5.88. The van der Waals surface area contributed by atoms with Crippen molar-refractivity contribution in [3.63, 3.8) is 0 Å². The quantitative estimate of drug-likeness (QED) is 0.856. The van der Waals surface area contributed by atoms with Gasteiger partial charge >= 0.3 is 0 Å². The van der Waals surface area contributed by atoms with E-state index in [0.29, 0.717) is 16.7 Å². The van der Waals surface area contributed by atoms with Crippen LogP contribution in [0.15, 0.2) is 34.9 Å². The van der Waals surface area contributed by atoms with Gasteiger partial charge in [0.25, 0.3) is 5.88 Å². The van der Waals surface area contributed by atoms with Gasteiger partial charge in [-0.05, 0) is 55.9 Å². The second-order valence-electron chi connectivity index (χ2n) is 5.18. The number of aromatic nitrogens is 1. The Bertz CT molecular complexity index is 571. The van der Waals surface area contributed by atoms with Crippen LogP contribution in [-0.4, -0.2) is 36.3 Å². The number of benzene rings is 1. The van der Waals surface area contributed by atoms with Crippen LogP contribution in [0.2, 0.25) is 5.02 Å². The lowest BCUT2D eigenvalue weighted by molar-refractivity contribution is 0.0963. The van der Waals surface area contributed by atoms with E-state index in [-0.39, 0.29) is 18.5 Å². The minimum Gasteiger partial charge on any atom is -0.471 e. The normalized spacial score (nSPS) is 19.0. The largest absolute Gasteiger partial charge is 0.471 e. The van der Waals surface area contributed by atoms with Crippen LogP contribution < -0.4 is 4.74 Å². The molecule has 1 unspecified atom stereocenters.